The van der Waals surface area contributed by atoms with Crippen molar-refractivity contribution >= 4 is 43.5 Å². The van der Waals surface area contributed by atoms with Crippen LogP contribution < -0.4 is 10.1 Å². The minimum atomic E-state index is -3.40. The second kappa shape index (κ2) is 10.8. The fourth-order valence-corrected chi connectivity index (χ4v) is 5.43. The summed E-state index contributed by atoms with van der Waals surface area (Å²) in [6, 6.07) is 12.7. The fraction of sp³-hybridized carbons (Fsp3) is 0.409. The van der Waals surface area contributed by atoms with E-state index >= 15 is 0 Å². The highest BCUT2D eigenvalue weighted by atomic mass is 79.9. The van der Waals surface area contributed by atoms with Gasteiger partial charge in [-0.2, -0.15) is 0 Å². The Hall–Kier alpha value is -1.61. The van der Waals surface area contributed by atoms with Crippen LogP contribution >= 0.6 is 27.5 Å². The van der Waals surface area contributed by atoms with E-state index in [1.54, 1.807) is 18.2 Å². The van der Waals surface area contributed by atoms with E-state index < -0.39 is 10.0 Å². The zero-order valence-corrected chi connectivity index (χ0v) is 20.5. The number of amides is 1. The van der Waals surface area contributed by atoms with Crippen molar-refractivity contribution in [2.45, 2.75) is 25.5 Å². The standard InChI is InChI=1S/C22H26BrClN2O4S/c1-16-2-7-20(14-21(16)24)30-13-10-25-22(27)18-8-11-26(12-9-18)31(28,29)15-17-3-5-19(23)6-4-17/h2-7,14,18H,8-13,15H2,1H3,(H,25,27). The van der Waals surface area contributed by atoms with Crippen LogP contribution in [0.25, 0.3) is 0 Å². The van der Waals surface area contributed by atoms with Gasteiger partial charge in [-0.25, -0.2) is 12.7 Å². The van der Waals surface area contributed by atoms with Gasteiger partial charge in [-0.05, 0) is 55.2 Å². The summed E-state index contributed by atoms with van der Waals surface area (Å²) < 4.78 is 33.4. The molecule has 6 nitrogen and oxygen atoms in total. The van der Waals surface area contributed by atoms with E-state index in [1.165, 1.54) is 4.31 Å². The Morgan fingerprint density at radius 3 is 2.52 bits per heavy atom. The number of nitrogens with one attached hydrogen (secondary N) is 1. The van der Waals surface area contributed by atoms with Gasteiger partial charge in [0.05, 0.1) is 12.3 Å². The summed E-state index contributed by atoms with van der Waals surface area (Å²) >= 11 is 9.43. The number of carbonyl (C=O) groups is 1. The molecule has 1 aliphatic heterocycles. The molecule has 0 aromatic heterocycles. The number of nitrogens with zero attached hydrogens (tertiary/aromatic N) is 1. The molecular formula is C22H26BrClN2O4S. The normalized spacial score (nSPS) is 15.6. The Balaban J connectivity index is 1.40. The number of hydrogen-bond donors (Lipinski definition) is 1. The van der Waals surface area contributed by atoms with Crippen molar-refractivity contribution in [3.63, 3.8) is 0 Å². The average Bonchev–Trinajstić information content (AvgIpc) is 2.75. The lowest BCUT2D eigenvalue weighted by Crippen LogP contribution is -2.43. The lowest BCUT2D eigenvalue weighted by Gasteiger charge is -2.30. The van der Waals surface area contributed by atoms with Crippen molar-refractivity contribution in [1.29, 1.82) is 0 Å². The first-order chi connectivity index (χ1) is 14.7. The van der Waals surface area contributed by atoms with Gasteiger partial charge in [-0.1, -0.05) is 45.7 Å². The lowest BCUT2D eigenvalue weighted by molar-refractivity contribution is -0.126. The largest absolute Gasteiger partial charge is 0.492 e. The molecule has 0 unspecified atom stereocenters. The van der Waals surface area contributed by atoms with Gasteiger partial charge in [-0.15, -0.1) is 0 Å². The van der Waals surface area contributed by atoms with Crippen LogP contribution in [-0.4, -0.2) is 44.9 Å². The molecule has 31 heavy (non-hydrogen) atoms. The van der Waals surface area contributed by atoms with E-state index in [4.69, 9.17) is 16.3 Å². The van der Waals surface area contributed by atoms with E-state index in [0.717, 1.165) is 15.6 Å². The molecule has 1 fully saturated rings. The monoisotopic (exact) mass is 528 g/mol. The number of ether oxygens (including phenoxy) is 1. The zero-order valence-electron chi connectivity index (χ0n) is 17.3. The third kappa shape index (κ3) is 6.94. The van der Waals surface area contributed by atoms with Crippen LogP contribution in [0.4, 0.5) is 0 Å². The van der Waals surface area contributed by atoms with Crippen LogP contribution in [0, 0.1) is 12.8 Å². The lowest BCUT2D eigenvalue weighted by atomic mass is 9.97. The van der Waals surface area contributed by atoms with E-state index in [9.17, 15) is 13.2 Å². The quantitative estimate of drug-likeness (QED) is 0.521. The summed E-state index contributed by atoms with van der Waals surface area (Å²) in [5, 5.41) is 3.52. The maximum atomic E-state index is 12.7. The molecule has 1 N–H and O–H groups in total. The van der Waals surface area contributed by atoms with Crippen molar-refractivity contribution < 1.29 is 17.9 Å². The van der Waals surface area contributed by atoms with Gasteiger partial charge in [-0.3, -0.25) is 4.79 Å². The number of benzene rings is 2. The minimum absolute atomic E-state index is 0.0302. The number of rotatable bonds is 8. The van der Waals surface area contributed by atoms with Crippen molar-refractivity contribution in [2.24, 2.45) is 5.92 Å². The number of halogens is 2. The van der Waals surface area contributed by atoms with Crippen LogP contribution in [-0.2, 0) is 20.6 Å². The highest BCUT2D eigenvalue weighted by molar-refractivity contribution is 9.10. The summed E-state index contributed by atoms with van der Waals surface area (Å²) in [6.07, 6.45) is 1.03. The van der Waals surface area contributed by atoms with Gasteiger partial charge >= 0.3 is 0 Å². The van der Waals surface area contributed by atoms with E-state index in [0.29, 0.717) is 49.9 Å². The summed E-state index contributed by atoms with van der Waals surface area (Å²) in [6.45, 7) is 3.35. The molecular weight excluding hydrogens is 504 g/mol. The van der Waals surface area contributed by atoms with Crippen LogP contribution in [0.3, 0.4) is 0 Å². The highest BCUT2D eigenvalue weighted by Crippen LogP contribution is 2.23. The predicted molar refractivity (Wildman–Crippen MR) is 126 cm³/mol. The molecule has 0 atom stereocenters. The van der Waals surface area contributed by atoms with Gasteiger partial charge in [0.15, 0.2) is 0 Å². The maximum absolute atomic E-state index is 12.7. The molecule has 0 bridgehead atoms. The average molecular weight is 530 g/mol. The van der Waals surface area contributed by atoms with Crippen molar-refractivity contribution in [3.05, 3.63) is 63.1 Å². The number of piperidine rings is 1. The second-order valence-electron chi connectivity index (χ2n) is 7.61. The topological polar surface area (TPSA) is 75.7 Å². The molecule has 9 heteroatoms. The van der Waals surface area contributed by atoms with Gasteiger partial charge in [0.1, 0.15) is 12.4 Å². The Morgan fingerprint density at radius 1 is 1.19 bits per heavy atom. The molecule has 2 aromatic rings. The number of aryl methyl sites for hydroxylation is 1. The van der Waals surface area contributed by atoms with Gasteiger partial charge in [0.25, 0.3) is 0 Å². The summed E-state index contributed by atoms with van der Waals surface area (Å²) in [5.74, 6) is 0.384. The minimum Gasteiger partial charge on any atom is -0.492 e. The van der Waals surface area contributed by atoms with Crippen molar-refractivity contribution in [1.82, 2.24) is 9.62 Å². The smallest absolute Gasteiger partial charge is 0.223 e. The first kappa shape index (κ1) is 24.0. The van der Waals surface area contributed by atoms with Crippen LogP contribution in [0.1, 0.15) is 24.0 Å². The molecule has 168 valence electrons. The first-order valence-electron chi connectivity index (χ1n) is 10.1. The Kier molecular flexibility index (Phi) is 8.38. The molecule has 1 heterocycles. The van der Waals surface area contributed by atoms with Crippen molar-refractivity contribution in [2.75, 3.05) is 26.2 Å². The first-order valence-corrected chi connectivity index (χ1v) is 12.9. The summed E-state index contributed by atoms with van der Waals surface area (Å²) in [4.78, 5) is 12.4. The third-order valence-corrected chi connectivity index (χ3v) is 8.08. The third-order valence-electron chi connectivity index (χ3n) is 5.29. The van der Waals surface area contributed by atoms with Crippen LogP contribution in [0.2, 0.25) is 5.02 Å². The molecule has 0 aliphatic carbocycles. The SMILES string of the molecule is Cc1ccc(OCCNC(=O)C2CCN(S(=O)(=O)Cc3ccc(Br)cc3)CC2)cc1Cl. The molecule has 0 radical (unpaired) electrons. The van der Waals surface area contributed by atoms with Crippen LogP contribution in [0.15, 0.2) is 46.9 Å². The molecule has 2 aromatic carbocycles. The molecule has 0 spiro atoms. The highest BCUT2D eigenvalue weighted by Gasteiger charge is 2.31. The Bertz CT molecular complexity index is 1010. The van der Waals surface area contributed by atoms with E-state index in [1.807, 2.05) is 31.2 Å². The molecule has 3 rings (SSSR count). The van der Waals surface area contributed by atoms with Gasteiger partial charge in [0.2, 0.25) is 15.9 Å². The van der Waals surface area contributed by atoms with E-state index in [-0.39, 0.29) is 17.6 Å². The van der Waals surface area contributed by atoms with Crippen molar-refractivity contribution in [3.8, 4) is 5.75 Å². The molecule has 1 amide bonds. The predicted octanol–water partition coefficient (Wildman–Crippen LogP) is 4.15. The molecule has 0 saturated carbocycles. The maximum Gasteiger partial charge on any atom is 0.223 e. The number of hydrogen-bond acceptors (Lipinski definition) is 4. The summed E-state index contributed by atoms with van der Waals surface area (Å²) in [5.41, 5.74) is 1.73. The van der Waals surface area contributed by atoms with Crippen LogP contribution in [0.5, 0.6) is 5.75 Å². The number of sulfonamides is 1. The number of carbonyl (C=O) groups excluding carboxylic acids is 1. The van der Waals surface area contributed by atoms with Gasteiger partial charge in [0, 0.05) is 28.5 Å². The second-order valence-corrected chi connectivity index (χ2v) is 10.9. The zero-order chi connectivity index (χ0) is 22.4. The van der Waals surface area contributed by atoms with E-state index in [2.05, 4.69) is 21.2 Å². The Morgan fingerprint density at radius 2 is 1.87 bits per heavy atom. The van der Waals surface area contributed by atoms with Gasteiger partial charge < -0.3 is 10.1 Å². The fourth-order valence-electron chi connectivity index (χ4n) is 3.43. The molecule has 1 saturated heterocycles. The molecule has 1 aliphatic rings. The Labute approximate surface area is 197 Å². The summed E-state index contributed by atoms with van der Waals surface area (Å²) in [7, 11) is -3.40.